The van der Waals surface area contributed by atoms with Gasteiger partial charge in [0.15, 0.2) is 0 Å². The highest BCUT2D eigenvalue weighted by Crippen LogP contribution is 2.23. The van der Waals surface area contributed by atoms with Crippen molar-refractivity contribution in [1.82, 2.24) is 14.3 Å². The minimum atomic E-state index is -2.92. The highest BCUT2D eigenvalue weighted by atomic mass is 19.1. The Kier molecular flexibility index (Phi) is 3.85. The Hall–Kier alpha value is -3.42. The van der Waals surface area contributed by atoms with Gasteiger partial charge in [0, 0.05) is 39.2 Å². The first-order valence-electron chi connectivity index (χ1n) is 10.2. The summed E-state index contributed by atoms with van der Waals surface area (Å²) in [6, 6.07) is 5.99. The quantitative estimate of drug-likeness (QED) is 0.513. The molecule has 0 bridgehead atoms. The summed E-state index contributed by atoms with van der Waals surface area (Å²) >= 11 is 0. The van der Waals surface area contributed by atoms with Gasteiger partial charge >= 0.3 is 0 Å². The number of hydrogen-bond donors (Lipinski definition) is 0. The lowest BCUT2D eigenvalue weighted by Gasteiger charge is -2.12. The van der Waals surface area contributed by atoms with E-state index in [2.05, 4.69) is 5.10 Å². The number of nitrogens with zero attached hydrogens (tertiary/aromatic N) is 3. The lowest BCUT2D eigenvalue weighted by atomic mass is 10.1. The van der Waals surface area contributed by atoms with Crippen LogP contribution in [-0.4, -0.2) is 20.1 Å². The number of carbonyl (C=O) groups is 1. The van der Waals surface area contributed by atoms with Gasteiger partial charge in [-0.2, -0.15) is 5.10 Å². The second kappa shape index (κ2) is 7.20. The van der Waals surface area contributed by atoms with Crippen LogP contribution in [-0.2, 0) is 24.8 Å². The van der Waals surface area contributed by atoms with E-state index in [1.807, 2.05) is 0 Å². The van der Waals surface area contributed by atoms with E-state index in [0.717, 1.165) is 24.3 Å². The van der Waals surface area contributed by atoms with Gasteiger partial charge in [-0.1, -0.05) is 6.07 Å². The highest BCUT2D eigenvalue weighted by molar-refractivity contribution is 6.03. The maximum Gasteiger partial charge on any atom is 0.262 e. The van der Waals surface area contributed by atoms with E-state index >= 15 is 0 Å². The number of aryl methyl sites for hydroxylation is 2. The highest BCUT2D eigenvalue weighted by Gasteiger charge is 2.16. The van der Waals surface area contributed by atoms with Crippen molar-refractivity contribution >= 4 is 27.6 Å². The van der Waals surface area contributed by atoms with E-state index in [9.17, 15) is 22.8 Å². The smallest absolute Gasteiger partial charge is 0.262 e. The molecular weight excluding hydrogens is 383 g/mol. The van der Waals surface area contributed by atoms with Crippen LogP contribution >= 0.6 is 0 Å². The predicted molar refractivity (Wildman–Crippen MR) is 102 cm³/mol. The number of fused-ring (bicyclic) bond motifs is 3. The van der Waals surface area contributed by atoms with Gasteiger partial charge in [-0.25, -0.2) is 13.2 Å². The Balaban J connectivity index is 1.86. The van der Waals surface area contributed by atoms with E-state index in [4.69, 9.17) is 4.11 Å². The first-order valence-corrected chi connectivity index (χ1v) is 8.57. The molecule has 0 aliphatic heterocycles. The van der Waals surface area contributed by atoms with Crippen molar-refractivity contribution in [3.8, 4) is 0 Å². The van der Waals surface area contributed by atoms with Gasteiger partial charge in [0.1, 0.15) is 23.2 Å². The summed E-state index contributed by atoms with van der Waals surface area (Å²) in [5.41, 5.74) is -0.919. The summed E-state index contributed by atoms with van der Waals surface area (Å²) in [4.78, 5) is 25.8. The molecule has 0 fully saturated rings. The average molecular weight is 402 g/mol. The minimum Gasteiger partial charge on any atom is -0.307 e. The third kappa shape index (κ3) is 3.41. The van der Waals surface area contributed by atoms with Gasteiger partial charge in [0.25, 0.3) is 5.56 Å². The standard InChI is InChI=1S/C21H16F3N3O2/c1-26-20-16-5-4-14(23)10-19(16)27(21(29)17(20)11-25-26)7-6-15(28)8-12-2-3-13(22)9-18(12)24/h2-5,9-11H,6-8H2,1H3/i6D,7D2. The Morgan fingerprint density at radius 1 is 1.10 bits per heavy atom. The molecule has 5 nitrogen and oxygen atoms in total. The molecule has 0 saturated carbocycles. The summed E-state index contributed by atoms with van der Waals surface area (Å²) in [5, 5.41) is 4.33. The van der Waals surface area contributed by atoms with Gasteiger partial charge in [-0.05, 0) is 29.8 Å². The van der Waals surface area contributed by atoms with Gasteiger partial charge in [0.05, 0.1) is 25.4 Å². The van der Waals surface area contributed by atoms with Crippen molar-refractivity contribution in [2.45, 2.75) is 19.3 Å². The third-order valence-electron chi connectivity index (χ3n) is 4.56. The average Bonchev–Trinajstić information content (AvgIpc) is 3.11. The number of rotatable bonds is 5. The van der Waals surface area contributed by atoms with Crippen LogP contribution in [0.3, 0.4) is 0 Å². The number of carbonyl (C=O) groups excluding carboxylic acids is 1. The van der Waals surface area contributed by atoms with E-state index in [1.54, 1.807) is 7.05 Å². The SMILES string of the molecule is [2H]C(C(=O)Cc1ccc(F)cc1F)C([2H])([2H])n1c(=O)c2cnn(C)c2c2ccc(F)cc21. The summed E-state index contributed by atoms with van der Waals surface area (Å²) < 4.78 is 68.2. The third-order valence-corrected chi connectivity index (χ3v) is 4.56. The molecule has 2 aromatic heterocycles. The molecular formula is C21H16F3N3O2. The molecule has 29 heavy (non-hydrogen) atoms. The fourth-order valence-electron chi connectivity index (χ4n) is 3.20. The number of aromatic nitrogens is 3. The molecule has 4 rings (SSSR count). The van der Waals surface area contributed by atoms with E-state index in [1.165, 1.54) is 16.9 Å². The van der Waals surface area contributed by atoms with Crippen LogP contribution in [0.4, 0.5) is 13.2 Å². The normalized spacial score (nSPS) is 14.6. The van der Waals surface area contributed by atoms with E-state index < -0.39 is 48.1 Å². The zero-order valence-corrected chi connectivity index (χ0v) is 15.1. The van der Waals surface area contributed by atoms with Gasteiger partial charge in [0.2, 0.25) is 0 Å². The maximum absolute atomic E-state index is 14.0. The zero-order valence-electron chi connectivity index (χ0n) is 18.1. The van der Waals surface area contributed by atoms with Crippen LogP contribution < -0.4 is 5.56 Å². The lowest BCUT2D eigenvalue weighted by Crippen LogP contribution is -2.23. The largest absolute Gasteiger partial charge is 0.307 e. The van der Waals surface area contributed by atoms with E-state index in [-0.39, 0.29) is 16.5 Å². The second-order valence-electron chi connectivity index (χ2n) is 6.48. The molecule has 0 aliphatic rings. The molecule has 0 spiro atoms. The summed E-state index contributed by atoms with van der Waals surface area (Å²) in [5.74, 6) is -3.64. The molecule has 4 aromatic rings. The summed E-state index contributed by atoms with van der Waals surface area (Å²) in [6.45, 7) is -2.92. The van der Waals surface area contributed by atoms with Gasteiger partial charge in [-0.15, -0.1) is 0 Å². The Morgan fingerprint density at radius 2 is 1.83 bits per heavy atom. The summed E-state index contributed by atoms with van der Waals surface area (Å²) in [6.07, 6.45) is -1.62. The van der Waals surface area contributed by atoms with Crippen molar-refractivity contribution in [2.75, 3.05) is 0 Å². The van der Waals surface area contributed by atoms with Crippen molar-refractivity contribution in [2.24, 2.45) is 7.05 Å². The predicted octanol–water partition coefficient (Wildman–Crippen LogP) is 3.51. The molecule has 2 aromatic carbocycles. The van der Waals surface area contributed by atoms with Crippen LogP contribution in [0, 0.1) is 17.5 Å². The number of halogens is 3. The minimum absolute atomic E-state index is 0.0275. The van der Waals surface area contributed by atoms with E-state index in [0.29, 0.717) is 21.5 Å². The zero-order chi connectivity index (χ0) is 23.4. The van der Waals surface area contributed by atoms with Crippen LogP contribution in [0.15, 0.2) is 47.4 Å². The summed E-state index contributed by atoms with van der Waals surface area (Å²) in [7, 11) is 1.57. The van der Waals surface area contributed by atoms with Crippen LogP contribution in [0.25, 0.3) is 21.8 Å². The second-order valence-corrected chi connectivity index (χ2v) is 6.48. The Bertz CT molecular complexity index is 1450. The van der Waals surface area contributed by atoms with Crippen LogP contribution in [0.5, 0.6) is 0 Å². The number of ketones is 1. The van der Waals surface area contributed by atoms with Crippen LogP contribution in [0.2, 0.25) is 0 Å². The monoisotopic (exact) mass is 402 g/mol. The first-order chi connectivity index (χ1) is 15.0. The van der Waals surface area contributed by atoms with Gasteiger partial charge in [-0.3, -0.25) is 14.3 Å². The first kappa shape index (κ1) is 15.5. The molecule has 0 saturated heterocycles. The number of benzene rings is 2. The topological polar surface area (TPSA) is 56.9 Å². The van der Waals surface area contributed by atoms with Crippen LogP contribution in [0.1, 0.15) is 16.1 Å². The molecule has 148 valence electrons. The molecule has 1 atom stereocenters. The molecule has 8 heteroatoms. The molecule has 0 amide bonds. The van der Waals surface area contributed by atoms with Gasteiger partial charge < -0.3 is 4.57 Å². The van der Waals surface area contributed by atoms with Crippen molar-refractivity contribution < 1.29 is 22.1 Å². The Morgan fingerprint density at radius 3 is 2.59 bits per heavy atom. The maximum atomic E-state index is 14.0. The number of Topliss-reactive ketones (excluding diaryl/α,β-unsaturated/α-hetero) is 1. The Labute approximate surface area is 167 Å². The molecule has 0 N–H and O–H groups in total. The van der Waals surface area contributed by atoms with Crippen molar-refractivity contribution in [3.05, 3.63) is 76.0 Å². The molecule has 1 unspecified atom stereocenters. The number of pyridine rings is 1. The molecule has 0 radical (unpaired) electrons. The lowest BCUT2D eigenvalue weighted by molar-refractivity contribution is -0.118. The van der Waals surface area contributed by atoms with Crippen molar-refractivity contribution in [1.29, 1.82) is 0 Å². The van der Waals surface area contributed by atoms with Crippen molar-refractivity contribution in [3.63, 3.8) is 0 Å². The number of hydrogen-bond acceptors (Lipinski definition) is 3. The fraction of sp³-hybridized carbons (Fsp3) is 0.190. The molecule has 2 heterocycles. The molecule has 0 aliphatic carbocycles. The fourth-order valence-corrected chi connectivity index (χ4v) is 3.20.